The summed E-state index contributed by atoms with van der Waals surface area (Å²) in [5.41, 5.74) is 1.72. The van der Waals surface area contributed by atoms with Gasteiger partial charge in [-0.25, -0.2) is 13.6 Å². The van der Waals surface area contributed by atoms with Crippen LogP contribution < -0.4 is 15.5 Å². The van der Waals surface area contributed by atoms with Crippen molar-refractivity contribution in [2.45, 2.75) is 45.4 Å². The van der Waals surface area contributed by atoms with Crippen LogP contribution in [0.2, 0.25) is 0 Å². The summed E-state index contributed by atoms with van der Waals surface area (Å²) in [6.45, 7) is 9.45. The maximum absolute atomic E-state index is 13.3. The summed E-state index contributed by atoms with van der Waals surface area (Å²) in [7, 11) is 0. The molecule has 7 nitrogen and oxygen atoms in total. The van der Waals surface area contributed by atoms with Crippen LogP contribution in [-0.4, -0.2) is 49.9 Å². The number of morpholine rings is 1. The van der Waals surface area contributed by atoms with E-state index in [1.165, 1.54) is 18.2 Å². The van der Waals surface area contributed by atoms with E-state index in [-0.39, 0.29) is 18.1 Å². The highest BCUT2D eigenvalue weighted by molar-refractivity contribution is 5.92. The standard InChI is InChI=1S/C27H33F2N3O4/c1-18(31-25(33)11-9-19-8-10-23(28)24(29)14-19)20-6-5-7-21(15-20)32-12-13-35-22(17-32)16-30-26(34)36-27(2,3)4/h5-11,14-15,18,22H,12-13,16-17H2,1-4H3,(H,30,34)(H,31,33). The number of rotatable bonds is 7. The van der Waals surface area contributed by atoms with Crippen molar-refractivity contribution in [2.75, 3.05) is 31.1 Å². The summed E-state index contributed by atoms with van der Waals surface area (Å²) in [5, 5.41) is 5.64. The quantitative estimate of drug-likeness (QED) is 0.543. The minimum Gasteiger partial charge on any atom is -0.444 e. The second-order valence-corrected chi connectivity index (χ2v) is 9.65. The molecule has 2 atom stereocenters. The third kappa shape index (κ3) is 8.34. The topological polar surface area (TPSA) is 79.9 Å². The Balaban J connectivity index is 1.55. The first-order valence-corrected chi connectivity index (χ1v) is 11.9. The number of amides is 2. The van der Waals surface area contributed by atoms with Crippen LogP contribution in [0.1, 0.15) is 44.9 Å². The lowest BCUT2D eigenvalue weighted by atomic mass is 10.1. The molecule has 1 heterocycles. The Morgan fingerprint density at radius 3 is 2.69 bits per heavy atom. The Kier molecular flexibility index (Phi) is 9.03. The van der Waals surface area contributed by atoms with Crippen molar-refractivity contribution < 1.29 is 27.8 Å². The number of hydrogen-bond donors (Lipinski definition) is 2. The van der Waals surface area contributed by atoms with Crippen LogP contribution in [0, 0.1) is 11.6 Å². The molecule has 0 saturated carbocycles. The molecule has 1 saturated heterocycles. The lowest BCUT2D eigenvalue weighted by Crippen LogP contribution is -2.48. The Hall–Kier alpha value is -3.46. The van der Waals surface area contributed by atoms with Gasteiger partial charge >= 0.3 is 6.09 Å². The smallest absolute Gasteiger partial charge is 0.407 e. The van der Waals surface area contributed by atoms with Gasteiger partial charge in [0.2, 0.25) is 5.91 Å². The molecule has 36 heavy (non-hydrogen) atoms. The third-order valence-corrected chi connectivity index (χ3v) is 5.48. The largest absolute Gasteiger partial charge is 0.444 e. The van der Waals surface area contributed by atoms with Gasteiger partial charge in [0, 0.05) is 31.4 Å². The van der Waals surface area contributed by atoms with Gasteiger partial charge in [0.25, 0.3) is 0 Å². The minimum atomic E-state index is -0.964. The number of halogens is 2. The average molecular weight is 502 g/mol. The highest BCUT2D eigenvalue weighted by Gasteiger charge is 2.23. The fraction of sp³-hybridized carbons (Fsp3) is 0.407. The predicted molar refractivity (Wildman–Crippen MR) is 135 cm³/mol. The molecule has 0 bridgehead atoms. The van der Waals surface area contributed by atoms with Gasteiger partial charge in [-0.1, -0.05) is 18.2 Å². The Labute approximate surface area is 210 Å². The number of nitrogens with one attached hydrogen (secondary N) is 2. The molecule has 2 aromatic rings. The maximum Gasteiger partial charge on any atom is 0.407 e. The number of alkyl carbamates (subject to hydrolysis) is 1. The van der Waals surface area contributed by atoms with Crippen LogP contribution in [0.3, 0.4) is 0 Å². The fourth-order valence-corrected chi connectivity index (χ4v) is 3.71. The molecule has 3 rings (SSSR count). The number of hydrogen-bond acceptors (Lipinski definition) is 5. The summed E-state index contributed by atoms with van der Waals surface area (Å²) < 4.78 is 37.5. The number of nitrogens with zero attached hydrogens (tertiary/aromatic N) is 1. The minimum absolute atomic E-state index is 0.187. The molecule has 0 aromatic heterocycles. The zero-order valence-corrected chi connectivity index (χ0v) is 21.0. The molecule has 0 spiro atoms. The summed E-state index contributed by atoms with van der Waals surface area (Å²) in [6, 6.07) is 11.0. The lowest BCUT2D eigenvalue weighted by molar-refractivity contribution is -0.117. The Morgan fingerprint density at radius 2 is 1.97 bits per heavy atom. The van der Waals surface area contributed by atoms with Crippen LogP contribution in [0.5, 0.6) is 0 Å². The van der Waals surface area contributed by atoms with E-state index in [1.54, 1.807) is 0 Å². The molecular formula is C27H33F2N3O4. The van der Waals surface area contributed by atoms with Crippen LogP contribution >= 0.6 is 0 Å². The molecule has 1 fully saturated rings. The molecular weight excluding hydrogens is 468 g/mol. The van der Waals surface area contributed by atoms with Crippen molar-refractivity contribution in [3.63, 3.8) is 0 Å². The number of anilines is 1. The predicted octanol–water partition coefficient (Wildman–Crippen LogP) is 4.59. The van der Waals surface area contributed by atoms with Crippen LogP contribution in [0.15, 0.2) is 48.5 Å². The molecule has 1 aliphatic rings. The molecule has 2 aromatic carbocycles. The monoisotopic (exact) mass is 501 g/mol. The van der Waals surface area contributed by atoms with E-state index in [0.717, 1.165) is 23.4 Å². The van der Waals surface area contributed by atoms with Gasteiger partial charge in [-0.15, -0.1) is 0 Å². The van der Waals surface area contributed by atoms with Crippen molar-refractivity contribution in [1.29, 1.82) is 0 Å². The lowest BCUT2D eigenvalue weighted by Gasteiger charge is -2.35. The van der Waals surface area contributed by atoms with Crippen molar-refractivity contribution in [1.82, 2.24) is 10.6 Å². The van der Waals surface area contributed by atoms with Crippen molar-refractivity contribution in [2.24, 2.45) is 0 Å². The zero-order valence-electron chi connectivity index (χ0n) is 21.0. The number of ether oxygens (including phenoxy) is 2. The maximum atomic E-state index is 13.3. The number of carbonyl (C=O) groups excluding carboxylic acids is 2. The summed E-state index contributed by atoms with van der Waals surface area (Å²) in [6.07, 6.45) is 2.05. The number of carbonyl (C=O) groups is 2. The van der Waals surface area contributed by atoms with Gasteiger partial charge in [-0.3, -0.25) is 4.79 Å². The first kappa shape index (κ1) is 27.1. The van der Waals surface area contributed by atoms with Gasteiger partial charge in [0.1, 0.15) is 5.60 Å². The Morgan fingerprint density at radius 1 is 1.19 bits per heavy atom. The summed E-state index contributed by atoms with van der Waals surface area (Å²) >= 11 is 0. The van der Waals surface area contributed by atoms with Gasteiger partial charge in [-0.05, 0) is 69.2 Å². The van der Waals surface area contributed by atoms with Crippen molar-refractivity contribution >= 4 is 23.8 Å². The van der Waals surface area contributed by atoms with Crippen molar-refractivity contribution in [3.8, 4) is 0 Å². The average Bonchev–Trinajstić information content (AvgIpc) is 2.83. The third-order valence-electron chi connectivity index (χ3n) is 5.48. The normalized spacial score (nSPS) is 17.1. The van der Waals surface area contributed by atoms with E-state index in [2.05, 4.69) is 15.5 Å². The first-order chi connectivity index (χ1) is 17.0. The molecule has 194 valence electrons. The van der Waals surface area contributed by atoms with Gasteiger partial charge in [-0.2, -0.15) is 0 Å². The Bertz CT molecular complexity index is 1100. The van der Waals surface area contributed by atoms with E-state index in [0.29, 0.717) is 31.8 Å². The second-order valence-electron chi connectivity index (χ2n) is 9.65. The number of benzene rings is 2. The van der Waals surface area contributed by atoms with Gasteiger partial charge in [0.05, 0.1) is 18.8 Å². The highest BCUT2D eigenvalue weighted by Crippen LogP contribution is 2.23. The van der Waals surface area contributed by atoms with Crippen LogP contribution in [-0.2, 0) is 14.3 Å². The van der Waals surface area contributed by atoms with Gasteiger partial charge in [0.15, 0.2) is 11.6 Å². The summed E-state index contributed by atoms with van der Waals surface area (Å²) in [5.74, 6) is -2.25. The van der Waals surface area contributed by atoms with E-state index < -0.39 is 23.3 Å². The first-order valence-electron chi connectivity index (χ1n) is 11.9. The van der Waals surface area contributed by atoms with Crippen molar-refractivity contribution in [3.05, 3.63) is 71.3 Å². The molecule has 2 N–H and O–H groups in total. The fourth-order valence-electron chi connectivity index (χ4n) is 3.71. The molecule has 0 aliphatic carbocycles. The SMILES string of the molecule is CC(NC(=O)C=Cc1ccc(F)c(F)c1)c1cccc(N2CCOC(CNC(=O)OC(C)(C)C)C2)c1. The van der Waals surface area contributed by atoms with E-state index in [4.69, 9.17) is 9.47 Å². The van der Waals surface area contributed by atoms with Gasteiger partial charge < -0.3 is 25.0 Å². The highest BCUT2D eigenvalue weighted by atomic mass is 19.2. The van der Waals surface area contributed by atoms with E-state index >= 15 is 0 Å². The van der Waals surface area contributed by atoms with Crippen LogP contribution in [0.4, 0.5) is 19.3 Å². The second kappa shape index (κ2) is 12.0. The van der Waals surface area contributed by atoms with E-state index in [1.807, 2.05) is 52.0 Å². The van der Waals surface area contributed by atoms with Crippen LogP contribution in [0.25, 0.3) is 6.08 Å². The molecule has 2 amide bonds. The molecule has 9 heteroatoms. The van der Waals surface area contributed by atoms with E-state index in [9.17, 15) is 18.4 Å². The molecule has 1 aliphatic heterocycles. The summed E-state index contributed by atoms with van der Waals surface area (Å²) in [4.78, 5) is 26.5. The molecule has 0 radical (unpaired) electrons. The molecule has 2 unspecified atom stereocenters. The zero-order chi connectivity index (χ0) is 26.3.